The second kappa shape index (κ2) is 4.60. The molecule has 0 aliphatic heterocycles. The van der Waals surface area contributed by atoms with Crippen LogP contribution in [0.4, 0.5) is 0 Å². The number of thiazole rings is 1. The minimum atomic E-state index is -3.77. The number of nitrogens with one attached hydrogen (secondary N) is 1. The van der Waals surface area contributed by atoms with Crippen molar-refractivity contribution in [3.05, 3.63) is 11.2 Å². The SMILES string of the molecule is CCC1(CNS(=O)(=O)c2scnc2C(=O)O)CC1. The molecule has 1 aromatic rings. The third-order valence-corrected chi connectivity index (χ3v) is 6.10. The summed E-state index contributed by atoms with van der Waals surface area (Å²) in [5, 5.41) is 8.86. The van der Waals surface area contributed by atoms with Gasteiger partial charge in [0, 0.05) is 6.54 Å². The van der Waals surface area contributed by atoms with Crippen molar-refractivity contribution in [1.82, 2.24) is 9.71 Å². The van der Waals surface area contributed by atoms with Crippen LogP contribution >= 0.6 is 11.3 Å². The molecular weight excluding hydrogens is 276 g/mol. The molecule has 2 N–H and O–H groups in total. The Hall–Kier alpha value is -0.990. The van der Waals surface area contributed by atoms with Crippen LogP contribution in [-0.4, -0.2) is 31.0 Å². The van der Waals surface area contributed by atoms with Gasteiger partial charge in [-0.05, 0) is 24.7 Å². The normalized spacial score (nSPS) is 17.6. The smallest absolute Gasteiger partial charge is 0.356 e. The molecule has 18 heavy (non-hydrogen) atoms. The summed E-state index contributed by atoms with van der Waals surface area (Å²) in [5.41, 5.74) is 0.889. The van der Waals surface area contributed by atoms with E-state index in [4.69, 9.17) is 5.11 Å². The van der Waals surface area contributed by atoms with Crippen molar-refractivity contribution >= 4 is 27.3 Å². The zero-order chi connectivity index (χ0) is 13.4. The first-order chi connectivity index (χ1) is 8.40. The number of hydrogen-bond acceptors (Lipinski definition) is 5. The lowest BCUT2D eigenvalue weighted by atomic mass is 10.1. The van der Waals surface area contributed by atoms with Crippen LogP contribution in [0.2, 0.25) is 0 Å². The molecule has 6 nitrogen and oxygen atoms in total. The molecule has 0 radical (unpaired) electrons. The maximum Gasteiger partial charge on any atom is 0.356 e. The van der Waals surface area contributed by atoms with Gasteiger partial charge in [-0.15, -0.1) is 11.3 Å². The highest BCUT2D eigenvalue weighted by Gasteiger charge is 2.41. The van der Waals surface area contributed by atoms with Crippen LogP contribution in [0.1, 0.15) is 36.7 Å². The summed E-state index contributed by atoms with van der Waals surface area (Å²) >= 11 is 0.821. The van der Waals surface area contributed by atoms with Crippen molar-refractivity contribution in [2.75, 3.05) is 6.54 Å². The summed E-state index contributed by atoms with van der Waals surface area (Å²) in [5.74, 6) is -1.33. The van der Waals surface area contributed by atoms with Gasteiger partial charge in [0.1, 0.15) is 0 Å². The topological polar surface area (TPSA) is 96.4 Å². The van der Waals surface area contributed by atoms with Crippen molar-refractivity contribution < 1.29 is 18.3 Å². The van der Waals surface area contributed by atoms with Crippen LogP contribution in [0.25, 0.3) is 0 Å². The Balaban J connectivity index is 2.15. The highest BCUT2D eigenvalue weighted by molar-refractivity contribution is 7.91. The standard InChI is InChI=1S/C10H14N2O4S2/c1-2-10(3-4-10)5-12-18(15,16)9-7(8(13)14)11-6-17-9/h6,12H,2-5H2,1H3,(H,13,14). The Bertz CT molecular complexity index is 560. The van der Waals surface area contributed by atoms with E-state index in [0.29, 0.717) is 6.54 Å². The molecule has 1 heterocycles. The molecule has 0 unspecified atom stereocenters. The third-order valence-electron chi connectivity index (χ3n) is 3.33. The van der Waals surface area contributed by atoms with Crippen molar-refractivity contribution in [2.45, 2.75) is 30.4 Å². The lowest BCUT2D eigenvalue weighted by Gasteiger charge is -2.13. The van der Waals surface area contributed by atoms with Crippen LogP contribution < -0.4 is 4.72 Å². The molecule has 0 spiro atoms. The number of carboxylic acids is 1. The largest absolute Gasteiger partial charge is 0.476 e. The molecule has 1 aromatic heterocycles. The zero-order valence-corrected chi connectivity index (χ0v) is 11.5. The molecule has 2 rings (SSSR count). The summed E-state index contributed by atoms with van der Waals surface area (Å²) in [6.07, 6.45) is 2.95. The van der Waals surface area contributed by atoms with Gasteiger partial charge in [-0.3, -0.25) is 0 Å². The van der Waals surface area contributed by atoms with Crippen molar-refractivity contribution in [3.63, 3.8) is 0 Å². The van der Waals surface area contributed by atoms with Crippen LogP contribution in [-0.2, 0) is 10.0 Å². The van der Waals surface area contributed by atoms with Gasteiger partial charge in [-0.25, -0.2) is 22.9 Å². The lowest BCUT2D eigenvalue weighted by Crippen LogP contribution is -2.30. The van der Waals surface area contributed by atoms with Crippen LogP contribution in [0.5, 0.6) is 0 Å². The molecule has 1 aliphatic carbocycles. The van der Waals surface area contributed by atoms with E-state index in [2.05, 4.69) is 9.71 Å². The number of sulfonamides is 1. The van der Waals surface area contributed by atoms with Crippen molar-refractivity contribution in [3.8, 4) is 0 Å². The Labute approximate surface area is 109 Å². The second-order valence-electron chi connectivity index (χ2n) is 4.47. The van der Waals surface area contributed by atoms with Gasteiger partial charge in [0.05, 0.1) is 5.51 Å². The Morgan fingerprint density at radius 2 is 2.28 bits per heavy atom. The molecule has 0 amide bonds. The number of carboxylic acid groups (broad SMARTS) is 1. The van der Waals surface area contributed by atoms with E-state index in [-0.39, 0.29) is 9.62 Å². The highest BCUT2D eigenvalue weighted by atomic mass is 32.2. The third kappa shape index (κ3) is 2.55. The Kier molecular flexibility index (Phi) is 3.43. The maximum absolute atomic E-state index is 12.0. The van der Waals surface area contributed by atoms with E-state index in [1.54, 1.807) is 0 Å². The van der Waals surface area contributed by atoms with E-state index >= 15 is 0 Å². The van der Waals surface area contributed by atoms with Gasteiger partial charge in [-0.1, -0.05) is 6.92 Å². The molecular formula is C10H14N2O4S2. The van der Waals surface area contributed by atoms with E-state index < -0.39 is 21.7 Å². The number of aromatic carboxylic acids is 1. The zero-order valence-electron chi connectivity index (χ0n) is 9.84. The monoisotopic (exact) mass is 290 g/mol. The van der Waals surface area contributed by atoms with Crippen molar-refractivity contribution in [2.24, 2.45) is 5.41 Å². The number of rotatable bonds is 6. The predicted molar refractivity (Wildman–Crippen MR) is 66.2 cm³/mol. The molecule has 1 fully saturated rings. The van der Waals surface area contributed by atoms with Gasteiger partial charge in [-0.2, -0.15) is 0 Å². The van der Waals surface area contributed by atoms with E-state index in [1.165, 1.54) is 5.51 Å². The first kappa shape index (κ1) is 13.4. The Morgan fingerprint density at radius 1 is 1.61 bits per heavy atom. The summed E-state index contributed by atoms with van der Waals surface area (Å²) in [6.45, 7) is 2.39. The first-order valence-corrected chi connectivity index (χ1v) is 7.93. The minimum Gasteiger partial charge on any atom is -0.476 e. The summed E-state index contributed by atoms with van der Waals surface area (Å²) in [4.78, 5) is 14.4. The van der Waals surface area contributed by atoms with Gasteiger partial charge in [0.25, 0.3) is 10.0 Å². The predicted octanol–water partition coefficient (Wildman–Crippen LogP) is 1.31. The number of carbonyl (C=O) groups is 1. The summed E-state index contributed by atoms with van der Waals surface area (Å²) in [7, 11) is -3.77. The van der Waals surface area contributed by atoms with E-state index in [0.717, 1.165) is 30.6 Å². The molecule has 100 valence electrons. The highest BCUT2D eigenvalue weighted by Crippen LogP contribution is 2.48. The molecule has 0 bridgehead atoms. The molecule has 0 atom stereocenters. The van der Waals surface area contributed by atoms with Gasteiger partial charge in [0.15, 0.2) is 9.90 Å². The molecule has 1 aliphatic rings. The van der Waals surface area contributed by atoms with Crippen LogP contribution in [0.3, 0.4) is 0 Å². The van der Waals surface area contributed by atoms with E-state index in [1.807, 2.05) is 6.92 Å². The van der Waals surface area contributed by atoms with Gasteiger partial charge < -0.3 is 5.11 Å². The number of nitrogens with zero attached hydrogens (tertiary/aromatic N) is 1. The van der Waals surface area contributed by atoms with Crippen LogP contribution in [0, 0.1) is 5.41 Å². The first-order valence-electron chi connectivity index (χ1n) is 5.57. The molecule has 1 saturated carbocycles. The molecule has 0 saturated heterocycles. The minimum absolute atomic E-state index is 0.0706. The fourth-order valence-corrected chi connectivity index (χ4v) is 4.05. The quantitative estimate of drug-likeness (QED) is 0.823. The fraction of sp³-hybridized carbons (Fsp3) is 0.600. The fourth-order valence-electron chi connectivity index (χ4n) is 1.71. The summed E-state index contributed by atoms with van der Waals surface area (Å²) < 4.78 is 26.3. The number of aromatic nitrogens is 1. The average molecular weight is 290 g/mol. The van der Waals surface area contributed by atoms with E-state index in [9.17, 15) is 13.2 Å². The molecule has 8 heteroatoms. The number of hydrogen-bond donors (Lipinski definition) is 2. The maximum atomic E-state index is 12.0. The van der Waals surface area contributed by atoms with Crippen LogP contribution in [0.15, 0.2) is 9.72 Å². The summed E-state index contributed by atoms with van der Waals surface area (Å²) in [6, 6.07) is 0. The second-order valence-corrected chi connectivity index (χ2v) is 7.29. The van der Waals surface area contributed by atoms with Crippen molar-refractivity contribution in [1.29, 1.82) is 0 Å². The lowest BCUT2D eigenvalue weighted by molar-refractivity contribution is 0.0687. The molecule has 0 aromatic carbocycles. The average Bonchev–Trinajstić information content (AvgIpc) is 2.91. The van der Waals surface area contributed by atoms with Gasteiger partial charge >= 0.3 is 5.97 Å². The van der Waals surface area contributed by atoms with Gasteiger partial charge in [0.2, 0.25) is 0 Å². The Morgan fingerprint density at radius 3 is 2.78 bits per heavy atom.